The van der Waals surface area contributed by atoms with Gasteiger partial charge in [-0.3, -0.25) is 24.8 Å². The Labute approximate surface area is 204 Å². The minimum atomic E-state index is -0.743. The number of anilines is 1. The highest BCUT2D eigenvalue weighted by Crippen LogP contribution is 2.38. The van der Waals surface area contributed by atoms with Gasteiger partial charge in [0.1, 0.15) is 5.92 Å². The average Bonchev–Trinajstić information content (AvgIpc) is 3.50. The zero-order valence-corrected chi connectivity index (χ0v) is 19.3. The normalized spacial score (nSPS) is 18.1. The molecule has 7 nitrogen and oxygen atoms in total. The number of nitrogens with zero attached hydrogens (tertiary/aromatic N) is 3. The number of likely N-dealkylation sites (tertiary alicyclic amines) is 1. The van der Waals surface area contributed by atoms with E-state index in [1.807, 2.05) is 54.6 Å². The van der Waals surface area contributed by atoms with Crippen LogP contribution in [0, 0.1) is 10.1 Å². The molecule has 1 unspecified atom stereocenters. The predicted octanol–water partition coefficient (Wildman–Crippen LogP) is 5.56. The molecule has 2 aliphatic rings. The average molecular weight is 467 g/mol. The zero-order chi connectivity index (χ0) is 24.2. The van der Waals surface area contributed by atoms with E-state index in [2.05, 4.69) is 22.4 Å². The third-order valence-electron chi connectivity index (χ3n) is 6.44. The molecule has 1 atom stereocenters. The second-order valence-corrected chi connectivity index (χ2v) is 8.82. The molecule has 2 aliphatic heterocycles. The Balaban J connectivity index is 1.46. The molecule has 2 heterocycles. The fraction of sp³-hybridized carbons (Fsp3) is 0.214. The number of non-ortho nitro benzene ring substituents is 1. The maximum atomic E-state index is 13.0. The van der Waals surface area contributed by atoms with Crippen molar-refractivity contribution >= 4 is 34.8 Å². The van der Waals surface area contributed by atoms with Crippen LogP contribution in [0.1, 0.15) is 35.4 Å². The van der Waals surface area contributed by atoms with Crippen LogP contribution in [0.5, 0.6) is 0 Å². The van der Waals surface area contributed by atoms with E-state index in [9.17, 15) is 14.9 Å². The SMILES string of the molecule is O=C1Nc2ccc([N+](=O)[O-])cc2C1C(=Nc1ccc(C=CCN2CCCC2)cc1)c1ccccc1. The van der Waals surface area contributed by atoms with Gasteiger partial charge >= 0.3 is 0 Å². The number of rotatable bonds is 7. The van der Waals surface area contributed by atoms with Crippen LogP contribution in [-0.4, -0.2) is 41.1 Å². The summed E-state index contributed by atoms with van der Waals surface area (Å²) >= 11 is 0. The summed E-state index contributed by atoms with van der Waals surface area (Å²) in [6.07, 6.45) is 6.86. The maximum Gasteiger partial charge on any atom is 0.269 e. The number of nitrogens with one attached hydrogen (secondary N) is 1. The maximum absolute atomic E-state index is 13.0. The Morgan fingerprint density at radius 3 is 2.51 bits per heavy atom. The molecule has 0 aromatic heterocycles. The zero-order valence-electron chi connectivity index (χ0n) is 19.3. The number of carbonyl (C=O) groups is 1. The lowest BCUT2D eigenvalue weighted by Gasteiger charge is -2.14. The number of amides is 1. The summed E-state index contributed by atoms with van der Waals surface area (Å²) in [5.74, 6) is -0.989. The number of hydrogen-bond donors (Lipinski definition) is 1. The summed E-state index contributed by atoms with van der Waals surface area (Å²) < 4.78 is 0. The Kier molecular flexibility index (Phi) is 6.50. The van der Waals surface area contributed by atoms with E-state index in [0.717, 1.165) is 17.7 Å². The molecule has 1 fully saturated rings. The number of nitro benzene ring substituents is 1. The van der Waals surface area contributed by atoms with E-state index in [1.54, 1.807) is 6.07 Å². The minimum Gasteiger partial charge on any atom is -0.325 e. The van der Waals surface area contributed by atoms with E-state index in [-0.39, 0.29) is 11.6 Å². The molecule has 3 aromatic carbocycles. The molecular formula is C28H26N4O3. The molecule has 0 saturated carbocycles. The number of aliphatic imine (C=N–C) groups is 1. The molecule has 0 aliphatic carbocycles. The summed E-state index contributed by atoms with van der Waals surface area (Å²) in [5, 5.41) is 14.2. The van der Waals surface area contributed by atoms with E-state index in [0.29, 0.717) is 22.6 Å². The van der Waals surface area contributed by atoms with Crippen molar-refractivity contribution in [2.75, 3.05) is 25.0 Å². The molecule has 1 N–H and O–H groups in total. The Morgan fingerprint density at radius 1 is 1.06 bits per heavy atom. The van der Waals surface area contributed by atoms with Crippen LogP contribution in [0.2, 0.25) is 0 Å². The van der Waals surface area contributed by atoms with Gasteiger partial charge in [-0.05, 0) is 55.3 Å². The van der Waals surface area contributed by atoms with Gasteiger partial charge in [-0.1, -0.05) is 54.6 Å². The first-order chi connectivity index (χ1) is 17.1. The summed E-state index contributed by atoms with van der Waals surface area (Å²) in [6.45, 7) is 3.29. The van der Waals surface area contributed by atoms with Gasteiger partial charge in [-0.15, -0.1) is 0 Å². The molecule has 0 bridgehead atoms. The van der Waals surface area contributed by atoms with Crippen molar-refractivity contribution < 1.29 is 9.72 Å². The monoisotopic (exact) mass is 466 g/mol. The Morgan fingerprint density at radius 2 is 1.80 bits per heavy atom. The fourth-order valence-electron chi connectivity index (χ4n) is 4.64. The van der Waals surface area contributed by atoms with Crippen molar-refractivity contribution in [3.05, 3.63) is 106 Å². The number of nitro groups is 1. The quantitative estimate of drug-likeness (QED) is 0.280. The molecule has 3 aromatic rings. The van der Waals surface area contributed by atoms with Crippen LogP contribution in [0.25, 0.3) is 6.08 Å². The summed E-state index contributed by atoms with van der Waals surface area (Å²) in [5.41, 5.74) is 4.24. The molecule has 0 spiro atoms. The molecular weight excluding hydrogens is 440 g/mol. The van der Waals surface area contributed by atoms with Gasteiger partial charge in [-0.2, -0.15) is 0 Å². The van der Waals surface area contributed by atoms with Gasteiger partial charge in [0.15, 0.2) is 0 Å². The molecule has 1 amide bonds. The van der Waals surface area contributed by atoms with Crippen LogP contribution in [-0.2, 0) is 4.79 Å². The summed E-state index contributed by atoms with van der Waals surface area (Å²) in [7, 11) is 0. The first-order valence-corrected chi connectivity index (χ1v) is 11.8. The lowest BCUT2D eigenvalue weighted by molar-refractivity contribution is -0.384. The van der Waals surface area contributed by atoms with Crippen LogP contribution < -0.4 is 5.32 Å². The summed E-state index contributed by atoms with van der Waals surface area (Å²) in [4.78, 5) is 31.3. The number of hydrogen-bond acceptors (Lipinski definition) is 5. The van der Waals surface area contributed by atoms with Crippen molar-refractivity contribution in [2.24, 2.45) is 4.99 Å². The number of fused-ring (bicyclic) bond motifs is 1. The minimum absolute atomic E-state index is 0.0530. The van der Waals surface area contributed by atoms with E-state index >= 15 is 0 Å². The smallest absolute Gasteiger partial charge is 0.269 e. The van der Waals surface area contributed by atoms with Gasteiger partial charge in [0.2, 0.25) is 5.91 Å². The molecule has 176 valence electrons. The molecule has 5 rings (SSSR count). The van der Waals surface area contributed by atoms with Gasteiger partial charge < -0.3 is 5.32 Å². The van der Waals surface area contributed by atoms with E-state index < -0.39 is 10.8 Å². The van der Waals surface area contributed by atoms with E-state index in [1.165, 1.54) is 38.1 Å². The fourth-order valence-corrected chi connectivity index (χ4v) is 4.64. The van der Waals surface area contributed by atoms with Crippen LogP contribution in [0.15, 0.2) is 83.9 Å². The standard InChI is InChI=1S/C28H26N4O3/c33-28-26(24-19-23(32(34)35)14-15-25(24)30-28)27(21-8-2-1-3-9-21)29-22-12-10-20(11-13-22)7-6-18-31-16-4-5-17-31/h1-3,6-15,19,26H,4-5,16-18H2,(H,30,33). The van der Waals surface area contributed by atoms with Gasteiger partial charge in [0.05, 0.1) is 16.3 Å². The third kappa shape index (κ3) is 5.05. The van der Waals surface area contributed by atoms with Gasteiger partial charge in [-0.25, -0.2) is 0 Å². The first-order valence-electron chi connectivity index (χ1n) is 11.8. The third-order valence-corrected chi connectivity index (χ3v) is 6.44. The van der Waals surface area contributed by atoms with E-state index in [4.69, 9.17) is 4.99 Å². The summed E-state index contributed by atoms with van der Waals surface area (Å²) in [6, 6.07) is 21.8. The van der Waals surface area contributed by atoms with Crippen molar-refractivity contribution in [3.8, 4) is 0 Å². The Bertz CT molecular complexity index is 1290. The lowest BCUT2D eigenvalue weighted by Crippen LogP contribution is -2.22. The molecule has 0 radical (unpaired) electrons. The topological polar surface area (TPSA) is 87.8 Å². The van der Waals surface area contributed by atoms with Gasteiger partial charge in [0.25, 0.3) is 5.69 Å². The number of carbonyl (C=O) groups excluding carboxylic acids is 1. The van der Waals surface area contributed by atoms with Crippen LogP contribution >= 0.6 is 0 Å². The molecule has 35 heavy (non-hydrogen) atoms. The predicted molar refractivity (Wildman–Crippen MR) is 138 cm³/mol. The first kappa shape index (κ1) is 22.7. The van der Waals surface area contributed by atoms with Crippen LogP contribution in [0.4, 0.5) is 17.1 Å². The molecule has 1 saturated heterocycles. The highest BCUT2D eigenvalue weighted by Gasteiger charge is 2.36. The van der Waals surface area contributed by atoms with Crippen molar-refractivity contribution in [2.45, 2.75) is 18.8 Å². The van der Waals surface area contributed by atoms with Crippen molar-refractivity contribution in [1.82, 2.24) is 4.90 Å². The highest BCUT2D eigenvalue weighted by atomic mass is 16.6. The number of benzene rings is 3. The largest absolute Gasteiger partial charge is 0.325 e. The Hall–Kier alpha value is -4.10. The highest BCUT2D eigenvalue weighted by molar-refractivity contribution is 6.24. The van der Waals surface area contributed by atoms with Crippen molar-refractivity contribution in [3.63, 3.8) is 0 Å². The van der Waals surface area contributed by atoms with Crippen LogP contribution in [0.3, 0.4) is 0 Å². The van der Waals surface area contributed by atoms with Crippen molar-refractivity contribution in [1.29, 1.82) is 0 Å². The molecule has 7 heteroatoms. The second kappa shape index (κ2) is 10.0. The van der Waals surface area contributed by atoms with Gasteiger partial charge in [0, 0.05) is 29.9 Å². The second-order valence-electron chi connectivity index (χ2n) is 8.82. The lowest BCUT2D eigenvalue weighted by atomic mass is 9.90.